The van der Waals surface area contributed by atoms with E-state index in [4.69, 9.17) is 4.52 Å². The van der Waals surface area contributed by atoms with Crippen LogP contribution in [0, 0.1) is 13.8 Å². The molecule has 1 aliphatic rings. The smallest absolute Gasteiger partial charge is 0.318 e. The van der Waals surface area contributed by atoms with Crippen LogP contribution in [0.3, 0.4) is 0 Å². The van der Waals surface area contributed by atoms with Crippen LogP contribution < -0.4 is 5.32 Å². The molecule has 0 radical (unpaired) electrons. The number of carbonyl (C=O) groups is 1. The molecule has 2 amide bonds. The van der Waals surface area contributed by atoms with Gasteiger partial charge in [0, 0.05) is 13.5 Å². The molecule has 0 aliphatic carbocycles. The summed E-state index contributed by atoms with van der Waals surface area (Å²) in [6.45, 7) is 4.88. The first kappa shape index (κ1) is 14.6. The van der Waals surface area contributed by atoms with Gasteiger partial charge in [-0.05, 0) is 30.9 Å². The maximum atomic E-state index is 12.4. The lowest BCUT2D eigenvalue weighted by Gasteiger charge is -2.26. The zero-order valence-corrected chi connectivity index (χ0v) is 12.9. The summed E-state index contributed by atoms with van der Waals surface area (Å²) < 4.78 is 4.90. The van der Waals surface area contributed by atoms with Crippen LogP contribution in [0.4, 0.5) is 4.79 Å². The molecule has 0 saturated carbocycles. The molecule has 1 N–H and O–H groups in total. The van der Waals surface area contributed by atoms with E-state index in [2.05, 4.69) is 34.5 Å². The van der Waals surface area contributed by atoms with Crippen LogP contribution in [0.25, 0.3) is 0 Å². The third-order valence-corrected chi connectivity index (χ3v) is 4.03. The van der Waals surface area contributed by atoms with Crippen molar-refractivity contribution in [1.29, 1.82) is 0 Å². The normalized spacial score (nSPS) is 17.7. The highest BCUT2D eigenvalue weighted by Crippen LogP contribution is 2.33. The fourth-order valence-corrected chi connectivity index (χ4v) is 2.96. The number of urea groups is 1. The predicted octanol–water partition coefficient (Wildman–Crippen LogP) is 2.73. The molecule has 0 spiro atoms. The Labute approximate surface area is 129 Å². The number of likely N-dealkylation sites (tertiary alicyclic amines) is 1. The molecule has 2 heterocycles. The molecule has 1 saturated heterocycles. The number of aryl methyl sites for hydroxylation is 2. The minimum Gasteiger partial charge on any atom is -0.340 e. The summed E-state index contributed by atoms with van der Waals surface area (Å²) in [5.74, 6) is 1.00. The first-order chi connectivity index (χ1) is 10.6. The number of carbonyl (C=O) groups excluding carboxylic acids is 1. The summed E-state index contributed by atoms with van der Waals surface area (Å²) in [4.78, 5) is 18.4. The van der Waals surface area contributed by atoms with Crippen LogP contribution in [0.1, 0.15) is 41.7 Å². The molecule has 6 heteroatoms. The predicted molar refractivity (Wildman–Crippen MR) is 81.1 cm³/mol. The van der Waals surface area contributed by atoms with Crippen molar-refractivity contribution < 1.29 is 9.32 Å². The van der Waals surface area contributed by atoms with E-state index in [1.807, 2.05) is 17.0 Å². The van der Waals surface area contributed by atoms with Gasteiger partial charge in [0.05, 0.1) is 12.6 Å². The monoisotopic (exact) mass is 300 g/mol. The summed E-state index contributed by atoms with van der Waals surface area (Å²) in [7, 11) is 0. The van der Waals surface area contributed by atoms with E-state index in [0.29, 0.717) is 11.7 Å². The van der Waals surface area contributed by atoms with Crippen molar-refractivity contribution in [2.24, 2.45) is 0 Å². The molecular formula is C16H20N4O2. The lowest BCUT2D eigenvalue weighted by molar-refractivity contribution is 0.192. The van der Waals surface area contributed by atoms with Gasteiger partial charge in [-0.15, -0.1) is 0 Å². The van der Waals surface area contributed by atoms with E-state index in [1.54, 1.807) is 6.92 Å². The van der Waals surface area contributed by atoms with Gasteiger partial charge in [-0.2, -0.15) is 4.98 Å². The molecule has 6 nitrogen and oxygen atoms in total. The van der Waals surface area contributed by atoms with Gasteiger partial charge in [0.15, 0.2) is 5.82 Å². The molecule has 0 bridgehead atoms. The quantitative estimate of drug-likeness (QED) is 0.946. The SMILES string of the molecule is Cc1nc(CNC(=O)N2CCCC2c2ccccc2C)no1. The molecule has 1 aromatic heterocycles. The van der Waals surface area contributed by atoms with Crippen LogP contribution >= 0.6 is 0 Å². The number of hydrogen-bond donors (Lipinski definition) is 1. The van der Waals surface area contributed by atoms with E-state index < -0.39 is 0 Å². The minimum atomic E-state index is -0.0757. The number of nitrogens with one attached hydrogen (secondary N) is 1. The molecule has 1 fully saturated rings. The molecule has 22 heavy (non-hydrogen) atoms. The van der Waals surface area contributed by atoms with Crippen LogP contribution in [-0.4, -0.2) is 27.6 Å². The lowest BCUT2D eigenvalue weighted by atomic mass is 9.99. The van der Waals surface area contributed by atoms with Gasteiger partial charge in [0.2, 0.25) is 5.89 Å². The van der Waals surface area contributed by atoms with Crippen molar-refractivity contribution in [3.63, 3.8) is 0 Å². The largest absolute Gasteiger partial charge is 0.340 e. The Morgan fingerprint density at radius 2 is 2.23 bits per heavy atom. The third kappa shape index (κ3) is 2.95. The number of amides is 2. The molecule has 1 atom stereocenters. The van der Waals surface area contributed by atoms with Crippen molar-refractivity contribution in [2.75, 3.05) is 6.54 Å². The highest BCUT2D eigenvalue weighted by molar-refractivity contribution is 5.75. The van der Waals surface area contributed by atoms with Gasteiger partial charge in [0.1, 0.15) is 0 Å². The van der Waals surface area contributed by atoms with Gasteiger partial charge in [-0.3, -0.25) is 0 Å². The van der Waals surface area contributed by atoms with E-state index in [-0.39, 0.29) is 18.6 Å². The molecule has 1 aromatic carbocycles. The fraction of sp³-hybridized carbons (Fsp3) is 0.438. The maximum absolute atomic E-state index is 12.4. The number of aromatic nitrogens is 2. The number of nitrogens with zero attached hydrogens (tertiary/aromatic N) is 3. The van der Waals surface area contributed by atoms with E-state index in [0.717, 1.165) is 19.4 Å². The van der Waals surface area contributed by atoms with Gasteiger partial charge < -0.3 is 14.7 Å². The Morgan fingerprint density at radius 3 is 2.95 bits per heavy atom. The highest BCUT2D eigenvalue weighted by Gasteiger charge is 2.30. The van der Waals surface area contributed by atoms with Gasteiger partial charge in [-0.1, -0.05) is 29.4 Å². The zero-order valence-electron chi connectivity index (χ0n) is 12.9. The molecule has 2 aromatic rings. The average Bonchev–Trinajstić information content (AvgIpc) is 3.14. The molecule has 3 rings (SSSR count). The third-order valence-electron chi connectivity index (χ3n) is 4.03. The second kappa shape index (κ2) is 6.17. The zero-order chi connectivity index (χ0) is 15.5. The van der Waals surface area contributed by atoms with Crippen molar-refractivity contribution in [2.45, 2.75) is 39.3 Å². The van der Waals surface area contributed by atoms with Gasteiger partial charge in [0.25, 0.3) is 0 Å². The Bertz CT molecular complexity index is 668. The Balaban J connectivity index is 1.67. The van der Waals surface area contributed by atoms with Crippen molar-refractivity contribution in [3.05, 3.63) is 47.1 Å². The summed E-state index contributed by atoms with van der Waals surface area (Å²) in [6.07, 6.45) is 2.02. The van der Waals surface area contributed by atoms with Crippen molar-refractivity contribution in [3.8, 4) is 0 Å². The summed E-state index contributed by atoms with van der Waals surface area (Å²) in [5.41, 5.74) is 2.45. The van der Waals surface area contributed by atoms with Crippen molar-refractivity contribution >= 4 is 6.03 Å². The summed E-state index contributed by atoms with van der Waals surface area (Å²) in [6, 6.07) is 8.32. The van der Waals surface area contributed by atoms with Gasteiger partial charge in [-0.25, -0.2) is 4.79 Å². The second-order valence-corrected chi connectivity index (χ2v) is 5.60. The molecule has 1 unspecified atom stereocenters. The van der Waals surface area contributed by atoms with E-state index in [1.165, 1.54) is 11.1 Å². The van der Waals surface area contributed by atoms with Crippen LogP contribution in [0.2, 0.25) is 0 Å². The maximum Gasteiger partial charge on any atom is 0.318 e. The van der Waals surface area contributed by atoms with E-state index in [9.17, 15) is 4.79 Å². The van der Waals surface area contributed by atoms with Crippen LogP contribution in [0.5, 0.6) is 0 Å². The molecule has 116 valence electrons. The number of rotatable bonds is 3. The summed E-state index contributed by atoms with van der Waals surface area (Å²) in [5, 5.41) is 6.66. The standard InChI is InChI=1S/C16H20N4O2/c1-11-6-3-4-7-13(11)14-8-5-9-20(14)16(21)17-10-15-18-12(2)22-19-15/h3-4,6-7,14H,5,8-10H2,1-2H3,(H,17,21). The highest BCUT2D eigenvalue weighted by atomic mass is 16.5. The van der Waals surface area contributed by atoms with E-state index >= 15 is 0 Å². The Morgan fingerprint density at radius 1 is 1.41 bits per heavy atom. The number of hydrogen-bond acceptors (Lipinski definition) is 4. The lowest BCUT2D eigenvalue weighted by Crippen LogP contribution is -2.39. The first-order valence-electron chi connectivity index (χ1n) is 7.54. The minimum absolute atomic E-state index is 0.0757. The van der Waals surface area contributed by atoms with Crippen LogP contribution in [-0.2, 0) is 6.54 Å². The second-order valence-electron chi connectivity index (χ2n) is 5.60. The number of benzene rings is 1. The van der Waals surface area contributed by atoms with Crippen molar-refractivity contribution in [1.82, 2.24) is 20.4 Å². The Hall–Kier alpha value is -2.37. The average molecular weight is 300 g/mol. The Kier molecular flexibility index (Phi) is 4.09. The topological polar surface area (TPSA) is 71.3 Å². The summed E-state index contributed by atoms with van der Waals surface area (Å²) >= 11 is 0. The first-order valence-corrected chi connectivity index (χ1v) is 7.54. The molecule has 1 aliphatic heterocycles. The van der Waals surface area contributed by atoms with Crippen LogP contribution in [0.15, 0.2) is 28.8 Å². The fourth-order valence-electron chi connectivity index (χ4n) is 2.96. The molecular weight excluding hydrogens is 280 g/mol. The van der Waals surface area contributed by atoms with Gasteiger partial charge >= 0.3 is 6.03 Å².